The Labute approximate surface area is 96.0 Å². The third kappa shape index (κ3) is 4.41. The maximum atomic E-state index is 6.04. The van der Waals surface area contributed by atoms with E-state index >= 15 is 0 Å². The van der Waals surface area contributed by atoms with E-state index in [9.17, 15) is 0 Å². The molecule has 1 aliphatic rings. The summed E-state index contributed by atoms with van der Waals surface area (Å²) in [6, 6.07) is 0. The molecule has 0 fully saturated rings. The predicted octanol–water partition coefficient (Wildman–Crippen LogP) is 4.57. The van der Waals surface area contributed by atoms with Crippen molar-refractivity contribution in [3.63, 3.8) is 0 Å². The molecule has 1 rings (SSSR count). The molecule has 0 aromatic rings. The Hall–Kier alpha value is -0.243. The third-order valence-corrected chi connectivity index (χ3v) is 3.91. The normalized spacial score (nSPS) is 23.6. The second kappa shape index (κ2) is 4.32. The van der Waals surface area contributed by atoms with E-state index in [-0.39, 0.29) is 0 Å². The Balaban J connectivity index is 2.53. The van der Waals surface area contributed by atoms with E-state index in [4.69, 9.17) is 4.43 Å². The first-order valence-electron chi connectivity index (χ1n) is 6.06. The minimum Gasteiger partial charge on any atom is -0.548 e. The topological polar surface area (TPSA) is 9.23 Å². The fourth-order valence-corrected chi connectivity index (χ4v) is 3.05. The summed E-state index contributed by atoms with van der Waals surface area (Å²) in [5, 5.41) is 0. The Bertz CT molecular complexity index is 242. The maximum Gasteiger partial charge on any atom is 0.241 e. The van der Waals surface area contributed by atoms with Gasteiger partial charge in [-0.1, -0.05) is 20.8 Å². The summed E-state index contributed by atoms with van der Waals surface area (Å²) >= 11 is 0. The lowest BCUT2D eigenvalue weighted by atomic mass is 9.74. The minimum absolute atomic E-state index is 0.446. The highest BCUT2D eigenvalue weighted by Gasteiger charge is 2.28. The van der Waals surface area contributed by atoms with Gasteiger partial charge in [-0.25, -0.2) is 0 Å². The highest BCUT2D eigenvalue weighted by Crippen LogP contribution is 2.37. The molecule has 0 heterocycles. The number of hydrogen-bond acceptors (Lipinski definition) is 1. The molecule has 1 aliphatic carbocycles. The van der Waals surface area contributed by atoms with Crippen molar-refractivity contribution in [3.8, 4) is 0 Å². The fourth-order valence-electron chi connectivity index (χ4n) is 2.08. The van der Waals surface area contributed by atoms with Gasteiger partial charge in [0.05, 0.1) is 5.76 Å². The summed E-state index contributed by atoms with van der Waals surface area (Å²) in [7, 11) is -1.38. The van der Waals surface area contributed by atoms with Gasteiger partial charge < -0.3 is 4.43 Å². The van der Waals surface area contributed by atoms with Gasteiger partial charge in [0.15, 0.2) is 0 Å². The third-order valence-electron chi connectivity index (χ3n) is 3.03. The Morgan fingerprint density at radius 1 is 1.27 bits per heavy atom. The summed E-state index contributed by atoms with van der Waals surface area (Å²) in [6.45, 7) is 13.8. The molecule has 2 heteroatoms. The van der Waals surface area contributed by atoms with Gasteiger partial charge >= 0.3 is 0 Å². The van der Waals surface area contributed by atoms with E-state index in [2.05, 4.69) is 46.5 Å². The van der Waals surface area contributed by atoms with Crippen LogP contribution < -0.4 is 0 Å². The molecule has 88 valence electrons. The van der Waals surface area contributed by atoms with Crippen LogP contribution in [0.1, 0.15) is 40.0 Å². The highest BCUT2D eigenvalue weighted by molar-refractivity contribution is 6.70. The van der Waals surface area contributed by atoms with Gasteiger partial charge in [-0.15, -0.1) is 0 Å². The fraction of sp³-hybridized carbons (Fsp3) is 0.846. The van der Waals surface area contributed by atoms with Crippen LogP contribution in [0.3, 0.4) is 0 Å². The van der Waals surface area contributed by atoms with Gasteiger partial charge in [0.25, 0.3) is 0 Å². The molecule has 1 nitrogen and oxygen atoms in total. The van der Waals surface area contributed by atoms with Crippen LogP contribution in [-0.2, 0) is 4.43 Å². The molecule has 15 heavy (non-hydrogen) atoms. The van der Waals surface area contributed by atoms with Crippen LogP contribution in [0.2, 0.25) is 19.6 Å². The molecule has 0 saturated heterocycles. The molecule has 0 amide bonds. The summed E-state index contributed by atoms with van der Waals surface area (Å²) < 4.78 is 6.04. The summed E-state index contributed by atoms with van der Waals surface area (Å²) in [5.74, 6) is 2.08. The van der Waals surface area contributed by atoms with Crippen LogP contribution in [0.5, 0.6) is 0 Å². The molecule has 0 spiro atoms. The van der Waals surface area contributed by atoms with E-state index in [0.29, 0.717) is 5.41 Å². The largest absolute Gasteiger partial charge is 0.548 e. The van der Waals surface area contributed by atoms with Gasteiger partial charge in [-0.05, 0) is 49.9 Å². The molecule has 0 bridgehead atoms. The molecule has 0 aromatic heterocycles. The van der Waals surface area contributed by atoms with Crippen molar-refractivity contribution in [3.05, 3.63) is 11.8 Å². The molecular formula is C13H26OSi. The molecular weight excluding hydrogens is 200 g/mol. The Kier molecular flexibility index (Phi) is 3.70. The molecule has 1 atom stereocenters. The number of rotatable bonds is 2. The zero-order chi connectivity index (χ0) is 11.7. The van der Waals surface area contributed by atoms with Gasteiger partial charge in [0.1, 0.15) is 0 Å². The molecule has 0 unspecified atom stereocenters. The van der Waals surface area contributed by atoms with Gasteiger partial charge in [-0.2, -0.15) is 0 Å². The first-order valence-corrected chi connectivity index (χ1v) is 9.47. The van der Waals surface area contributed by atoms with Crippen molar-refractivity contribution < 1.29 is 4.43 Å². The van der Waals surface area contributed by atoms with Gasteiger partial charge in [0.2, 0.25) is 8.32 Å². The predicted molar refractivity (Wildman–Crippen MR) is 69.3 cm³/mol. The first kappa shape index (κ1) is 12.8. The minimum atomic E-state index is -1.38. The molecule has 0 aromatic carbocycles. The second-order valence-electron chi connectivity index (χ2n) is 6.72. The van der Waals surface area contributed by atoms with Crippen LogP contribution in [0.4, 0.5) is 0 Å². The quantitative estimate of drug-likeness (QED) is 0.627. The molecule has 0 radical (unpaired) electrons. The number of allylic oxidation sites excluding steroid dienone is 2. The van der Waals surface area contributed by atoms with Crippen molar-refractivity contribution >= 4 is 8.32 Å². The van der Waals surface area contributed by atoms with E-state index in [1.54, 1.807) is 0 Å². The van der Waals surface area contributed by atoms with Crippen molar-refractivity contribution in [1.82, 2.24) is 0 Å². The van der Waals surface area contributed by atoms with E-state index in [1.807, 2.05) is 0 Å². The zero-order valence-electron chi connectivity index (χ0n) is 11.2. The number of hydrogen-bond donors (Lipinski definition) is 0. The molecule has 0 saturated carbocycles. The van der Waals surface area contributed by atoms with Crippen LogP contribution in [0.15, 0.2) is 11.8 Å². The van der Waals surface area contributed by atoms with E-state index in [1.165, 1.54) is 18.6 Å². The highest BCUT2D eigenvalue weighted by atomic mass is 28.4. The van der Waals surface area contributed by atoms with Crippen molar-refractivity contribution in [2.24, 2.45) is 11.3 Å². The van der Waals surface area contributed by atoms with Crippen molar-refractivity contribution in [1.29, 1.82) is 0 Å². The Morgan fingerprint density at radius 2 is 1.87 bits per heavy atom. The van der Waals surface area contributed by atoms with E-state index in [0.717, 1.165) is 12.3 Å². The average molecular weight is 226 g/mol. The van der Waals surface area contributed by atoms with Crippen LogP contribution >= 0.6 is 0 Å². The SMILES string of the molecule is CC(C)(C)[C@H]1CC=C(O[Si](C)(C)C)CC1. The van der Waals surface area contributed by atoms with E-state index < -0.39 is 8.32 Å². The average Bonchev–Trinajstić information content (AvgIpc) is 2.00. The standard InChI is InChI=1S/C13H26OSi/c1-13(2,3)11-7-9-12(10-8-11)14-15(4,5)6/h9,11H,7-8,10H2,1-6H3/t11-/m0/s1. The lowest BCUT2D eigenvalue weighted by Gasteiger charge is -2.34. The maximum absolute atomic E-state index is 6.04. The lowest BCUT2D eigenvalue weighted by molar-refractivity contribution is 0.206. The van der Waals surface area contributed by atoms with Crippen molar-refractivity contribution in [2.75, 3.05) is 0 Å². The first-order chi connectivity index (χ1) is 6.68. The van der Waals surface area contributed by atoms with Gasteiger partial charge in [0, 0.05) is 6.42 Å². The lowest BCUT2D eigenvalue weighted by Crippen LogP contribution is -2.28. The van der Waals surface area contributed by atoms with Crippen LogP contribution in [-0.4, -0.2) is 8.32 Å². The molecule has 0 N–H and O–H groups in total. The molecule has 0 aliphatic heterocycles. The zero-order valence-corrected chi connectivity index (χ0v) is 12.2. The second-order valence-corrected chi connectivity index (χ2v) is 11.2. The summed E-state index contributed by atoms with van der Waals surface area (Å²) in [5.41, 5.74) is 0.446. The monoisotopic (exact) mass is 226 g/mol. The Morgan fingerprint density at radius 3 is 2.20 bits per heavy atom. The van der Waals surface area contributed by atoms with Crippen LogP contribution in [0, 0.1) is 11.3 Å². The summed E-state index contributed by atoms with van der Waals surface area (Å²) in [6.07, 6.45) is 5.97. The smallest absolute Gasteiger partial charge is 0.241 e. The summed E-state index contributed by atoms with van der Waals surface area (Å²) in [4.78, 5) is 0. The van der Waals surface area contributed by atoms with Crippen molar-refractivity contribution in [2.45, 2.75) is 59.7 Å². The van der Waals surface area contributed by atoms with Crippen LogP contribution in [0.25, 0.3) is 0 Å². The van der Waals surface area contributed by atoms with Gasteiger partial charge in [-0.3, -0.25) is 0 Å².